The Balaban J connectivity index is 2.66. The third-order valence-electron chi connectivity index (χ3n) is 2.35. The fourth-order valence-electron chi connectivity index (χ4n) is 1.47. The SMILES string of the molecule is OCC1NC(CO)[C@@H](O)C(O)C1O. The van der Waals surface area contributed by atoms with Crippen molar-refractivity contribution in [3.63, 3.8) is 0 Å². The molecule has 0 radical (unpaired) electrons. The van der Waals surface area contributed by atoms with Crippen molar-refractivity contribution >= 4 is 0 Å². The zero-order valence-electron chi connectivity index (χ0n) is 7.04. The number of hydrogen-bond donors (Lipinski definition) is 6. The topological polar surface area (TPSA) is 113 Å². The van der Waals surface area contributed by atoms with E-state index in [1.54, 1.807) is 0 Å². The van der Waals surface area contributed by atoms with Gasteiger partial charge in [0.1, 0.15) is 6.10 Å². The van der Waals surface area contributed by atoms with Gasteiger partial charge in [-0.1, -0.05) is 0 Å². The van der Waals surface area contributed by atoms with Gasteiger partial charge in [-0.2, -0.15) is 0 Å². The maximum absolute atomic E-state index is 9.31. The summed E-state index contributed by atoms with van der Waals surface area (Å²) in [5.41, 5.74) is 0. The minimum Gasteiger partial charge on any atom is -0.395 e. The lowest BCUT2D eigenvalue weighted by molar-refractivity contribution is -0.125. The molecule has 0 bridgehead atoms. The van der Waals surface area contributed by atoms with E-state index in [9.17, 15) is 15.3 Å². The van der Waals surface area contributed by atoms with Gasteiger partial charge in [-0.25, -0.2) is 0 Å². The maximum Gasteiger partial charge on any atom is 0.109 e. The zero-order valence-corrected chi connectivity index (χ0v) is 7.04. The molecule has 4 unspecified atom stereocenters. The van der Waals surface area contributed by atoms with Gasteiger partial charge in [0.25, 0.3) is 0 Å². The van der Waals surface area contributed by atoms with Crippen molar-refractivity contribution in [2.75, 3.05) is 13.2 Å². The van der Waals surface area contributed by atoms with Crippen molar-refractivity contribution in [1.82, 2.24) is 5.32 Å². The van der Waals surface area contributed by atoms with Gasteiger partial charge >= 0.3 is 0 Å². The van der Waals surface area contributed by atoms with Gasteiger partial charge in [0.05, 0.1) is 37.5 Å². The quantitative estimate of drug-likeness (QED) is 0.270. The second-order valence-electron chi connectivity index (χ2n) is 3.22. The summed E-state index contributed by atoms with van der Waals surface area (Å²) in [6, 6.07) is -1.42. The smallest absolute Gasteiger partial charge is 0.109 e. The molecule has 0 aromatic carbocycles. The van der Waals surface area contributed by atoms with Gasteiger partial charge < -0.3 is 30.8 Å². The van der Waals surface area contributed by atoms with Crippen molar-refractivity contribution in [1.29, 1.82) is 0 Å². The van der Waals surface area contributed by atoms with Crippen molar-refractivity contribution in [2.24, 2.45) is 0 Å². The van der Waals surface area contributed by atoms with E-state index in [-0.39, 0.29) is 13.2 Å². The fourth-order valence-corrected chi connectivity index (χ4v) is 1.47. The van der Waals surface area contributed by atoms with Crippen LogP contribution >= 0.6 is 0 Å². The average molecular weight is 193 g/mol. The van der Waals surface area contributed by atoms with Gasteiger partial charge in [0.15, 0.2) is 0 Å². The van der Waals surface area contributed by atoms with Crippen molar-refractivity contribution in [2.45, 2.75) is 30.4 Å². The highest BCUT2D eigenvalue weighted by atomic mass is 16.4. The van der Waals surface area contributed by atoms with Crippen LogP contribution in [-0.4, -0.2) is 69.1 Å². The van der Waals surface area contributed by atoms with E-state index in [1.807, 2.05) is 0 Å². The molecule has 78 valence electrons. The first kappa shape index (κ1) is 10.8. The lowest BCUT2D eigenvalue weighted by Gasteiger charge is -2.40. The maximum atomic E-state index is 9.31. The molecule has 6 heteroatoms. The molecule has 1 saturated heterocycles. The monoisotopic (exact) mass is 193 g/mol. The van der Waals surface area contributed by atoms with Gasteiger partial charge in [0.2, 0.25) is 0 Å². The fraction of sp³-hybridized carbons (Fsp3) is 1.00. The van der Waals surface area contributed by atoms with Gasteiger partial charge in [-0.15, -0.1) is 0 Å². The molecule has 6 nitrogen and oxygen atoms in total. The molecule has 0 aliphatic carbocycles. The van der Waals surface area contributed by atoms with E-state index in [4.69, 9.17) is 10.2 Å². The highest BCUT2D eigenvalue weighted by Gasteiger charge is 2.41. The summed E-state index contributed by atoms with van der Waals surface area (Å²) in [4.78, 5) is 0. The second-order valence-corrected chi connectivity index (χ2v) is 3.22. The van der Waals surface area contributed by atoms with E-state index in [0.717, 1.165) is 0 Å². The molecule has 1 rings (SSSR count). The molecule has 0 spiro atoms. The number of hydrogen-bond acceptors (Lipinski definition) is 6. The van der Waals surface area contributed by atoms with E-state index in [0.29, 0.717) is 0 Å². The summed E-state index contributed by atoms with van der Waals surface area (Å²) in [7, 11) is 0. The normalized spacial score (nSPS) is 46.4. The minimum atomic E-state index is -1.34. The van der Waals surface area contributed by atoms with Crippen LogP contribution in [0.2, 0.25) is 0 Å². The molecule has 0 aromatic rings. The number of aliphatic hydroxyl groups is 5. The van der Waals surface area contributed by atoms with Crippen molar-refractivity contribution in [3.8, 4) is 0 Å². The molecule has 0 saturated carbocycles. The predicted molar refractivity (Wildman–Crippen MR) is 42.9 cm³/mol. The second kappa shape index (κ2) is 4.32. The Morgan fingerprint density at radius 3 is 1.46 bits per heavy atom. The van der Waals surface area contributed by atoms with E-state index in [1.165, 1.54) is 0 Å². The van der Waals surface area contributed by atoms with E-state index >= 15 is 0 Å². The molecular weight excluding hydrogens is 178 g/mol. The lowest BCUT2D eigenvalue weighted by Crippen LogP contribution is -2.66. The number of piperidine rings is 1. The Hall–Kier alpha value is -0.240. The van der Waals surface area contributed by atoms with Crippen LogP contribution in [0.25, 0.3) is 0 Å². The number of nitrogens with one attached hydrogen (secondary N) is 1. The minimum absolute atomic E-state index is 0.360. The molecule has 5 atom stereocenters. The van der Waals surface area contributed by atoms with Crippen LogP contribution in [-0.2, 0) is 0 Å². The molecule has 0 amide bonds. The summed E-state index contributed by atoms with van der Waals surface area (Å²) in [6.07, 6.45) is -3.78. The summed E-state index contributed by atoms with van der Waals surface area (Å²) >= 11 is 0. The van der Waals surface area contributed by atoms with Crippen LogP contribution in [0.3, 0.4) is 0 Å². The third-order valence-corrected chi connectivity index (χ3v) is 2.35. The van der Waals surface area contributed by atoms with Crippen molar-refractivity contribution < 1.29 is 25.5 Å². The van der Waals surface area contributed by atoms with Crippen LogP contribution in [0, 0.1) is 0 Å². The Bertz CT molecular complexity index is 147. The third kappa shape index (κ3) is 1.98. The highest BCUT2D eigenvalue weighted by Crippen LogP contribution is 2.14. The highest BCUT2D eigenvalue weighted by molar-refractivity contribution is 4.97. The van der Waals surface area contributed by atoms with Crippen molar-refractivity contribution in [3.05, 3.63) is 0 Å². The predicted octanol–water partition coefficient (Wildman–Crippen LogP) is -3.61. The van der Waals surface area contributed by atoms with Crippen LogP contribution in [0.1, 0.15) is 0 Å². The average Bonchev–Trinajstić information content (AvgIpc) is 2.15. The van der Waals surface area contributed by atoms with E-state index in [2.05, 4.69) is 5.32 Å². The molecular formula is C7H15NO5. The van der Waals surface area contributed by atoms with Crippen LogP contribution < -0.4 is 5.32 Å². The van der Waals surface area contributed by atoms with Crippen LogP contribution in [0.15, 0.2) is 0 Å². The first-order valence-electron chi connectivity index (χ1n) is 4.13. The summed E-state index contributed by atoms with van der Waals surface area (Å²) in [6.45, 7) is -0.719. The van der Waals surface area contributed by atoms with Crippen LogP contribution in [0.5, 0.6) is 0 Å². The molecule has 13 heavy (non-hydrogen) atoms. The molecule has 1 fully saturated rings. The molecule has 0 aromatic heterocycles. The van der Waals surface area contributed by atoms with Crippen LogP contribution in [0.4, 0.5) is 0 Å². The molecule has 6 N–H and O–H groups in total. The summed E-state index contributed by atoms with van der Waals surface area (Å²) < 4.78 is 0. The zero-order chi connectivity index (χ0) is 10.0. The summed E-state index contributed by atoms with van der Waals surface area (Å²) in [5.74, 6) is 0. The Labute approximate surface area is 75.4 Å². The number of aliphatic hydroxyl groups excluding tert-OH is 5. The standard InChI is InChI=1S/C7H15NO5/c9-1-3-5(11)7(13)6(12)4(2-10)8-3/h3-13H,1-2H2/t3?,4?,5-,6?,7?/m1/s1. The molecule has 1 aliphatic heterocycles. The Morgan fingerprint density at radius 1 is 0.769 bits per heavy atom. The largest absolute Gasteiger partial charge is 0.395 e. The first-order chi connectivity index (χ1) is 6.11. The van der Waals surface area contributed by atoms with E-state index < -0.39 is 30.4 Å². The first-order valence-corrected chi connectivity index (χ1v) is 4.13. The lowest BCUT2D eigenvalue weighted by atomic mass is 9.91. The Kier molecular flexibility index (Phi) is 3.60. The Morgan fingerprint density at radius 2 is 1.15 bits per heavy atom. The summed E-state index contributed by atoms with van der Waals surface area (Å²) in [5, 5.41) is 48.1. The van der Waals surface area contributed by atoms with Gasteiger partial charge in [0, 0.05) is 0 Å². The van der Waals surface area contributed by atoms with Gasteiger partial charge in [-0.05, 0) is 0 Å². The van der Waals surface area contributed by atoms with Gasteiger partial charge in [-0.3, -0.25) is 0 Å². The molecule has 1 aliphatic rings. The molecule has 1 heterocycles. The number of rotatable bonds is 2.